The van der Waals surface area contributed by atoms with Gasteiger partial charge >= 0.3 is 6.03 Å². The van der Waals surface area contributed by atoms with Crippen LogP contribution in [0.15, 0.2) is 0 Å². The van der Waals surface area contributed by atoms with Crippen LogP contribution in [0.4, 0.5) is 4.79 Å². The molecule has 2 amide bonds. The van der Waals surface area contributed by atoms with Gasteiger partial charge in [-0.2, -0.15) is 0 Å². The summed E-state index contributed by atoms with van der Waals surface area (Å²) in [7, 11) is 0. The number of likely N-dealkylation sites (N-methyl/N-ethyl adjacent to an activating group) is 1. The van der Waals surface area contributed by atoms with Crippen LogP contribution in [0.3, 0.4) is 0 Å². The molecular weight excluding hydrogens is 156 g/mol. The van der Waals surface area contributed by atoms with Crippen molar-refractivity contribution in [1.29, 1.82) is 0 Å². The lowest BCUT2D eigenvalue weighted by Crippen LogP contribution is -2.48. The number of hydrogen-bond acceptors (Lipinski definition) is 2. The van der Waals surface area contributed by atoms with Crippen molar-refractivity contribution in [1.82, 2.24) is 10.2 Å². The number of rotatable bonds is 1. The molecule has 1 aliphatic carbocycles. The fourth-order valence-corrected chi connectivity index (χ4v) is 2.30. The second kappa shape index (κ2) is 2.36. The molecule has 68 valence electrons. The van der Waals surface area contributed by atoms with Gasteiger partial charge in [0, 0.05) is 6.54 Å². The molecule has 12 heavy (non-hydrogen) atoms. The van der Waals surface area contributed by atoms with Gasteiger partial charge in [-0.3, -0.25) is 4.90 Å². The molecule has 0 bridgehead atoms. The SMILES string of the molecule is CCN1C(=O)N[C@H]2CCC[C@]21O. The zero-order valence-corrected chi connectivity index (χ0v) is 7.21. The van der Waals surface area contributed by atoms with E-state index in [-0.39, 0.29) is 12.1 Å². The van der Waals surface area contributed by atoms with Crippen LogP contribution in [0.1, 0.15) is 26.2 Å². The number of fused-ring (bicyclic) bond motifs is 1. The van der Waals surface area contributed by atoms with Crippen LogP contribution >= 0.6 is 0 Å². The summed E-state index contributed by atoms with van der Waals surface area (Å²) in [6.07, 6.45) is 2.61. The zero-order valence-electron chi connectivity index (χ0n) is 7.21. The highest BCUT2D eigenvalue weighted by atomic mass is 16.3. The number of carbonyl (C=O) groups is 1. The van der Waals surface area contributed by atoms with Crippen LogP contribution in [0.5, 0.6) is 0 Å². The van der Waals surface area contributed by atoms with E-state index in [1.54, 1.807) is 0 Å². The summed E-state index contributed by atoms with van der Waals surface area (Å²) in [6.45, 7) is 2.47. The molecule has 0 aromatic rings. The first-order valence-electron chi connectivity index (χ1n) is 4.49. The second-order valence-electron chi connectivity index (χ2n) is 3.52. The molecule has 0 aromatic carbocycles. The van der Waals surface area contributed by atoms with E-state index in [1.807, 2.05) is 6.92 Å². The van der Waals surface area contributed by atoms with Crippen molar-refractivity contribution in [3.63, 3.8) is 0 Å². The third kappa shape index (κ3) is 0.784. The van der Waals surface area contributed by atoms with Crippen molar-refractivity contribution in [2.75, 3.05) is 6.54 Å². The first-order chi connectivity index (χ1) is 5.68. The molecule has 0 spiro atoms. The van der Waals surface area contributed by atoms with Crippen LogP contribution in [-0.2, 0) is 0 Å². The van der Waals surface area contributed by atoms with Gasteiger partial charge in [0.1, 0.15) is 0 Å². The predicted octanol–water partition coefficient (Wildman–Crippen LogP) is 0.273. The van der Waals surface area contributed by atoms with E-state index < -0.39 is 5.72 Å². The van der Waals surface area contributed by atoms with Crippen molar-refractivity contribution < 1.29 is 9.90 Å². The van der Waals surface area contributed by atoms with E-state index in [4.69, 9.17) is 0 Å². The predicted molar refractivity (Wildman–Crippen MR) is 43.5 cm³/mol. The number of carbonyl (C=O) groups excluding carboxylic acids is 1. The third-order valence-electron chi connectivity index (χ3n) is 2.92. The Labute approximate surface area is 71.5 Å². The molecule has 0 aromatic heterocycles. The Bertz CT molecular complexity index is 219. The normalized spacial score (nSPS) is 40.0. The van der Waals surface area contributed by atoms with Gasteiger partial charge in [0.05, 0.1) is 6.04 Å². The average molecular weight is 170 g/mol. The van der Waals surface area contributed by atoms with Gasteiger partial charge < -0.3 is 10.4 Å². The molecule has 1 saturated carbocycles. The van der Waals surface area contributed by atoms with Gasteiger partial charge in [-0.05, 0) is 26.2 Å². The summed E-state index contributed by atoms with van der Waals surface area (Å²) in [5.74, 6) is 0. The van der Waals surface area contributed by atoms with E-state index in [0.29, 0.717) is 13.0 Å². The van der Waals surface area contributed by atoms with E-state index in [2.05, 4.69) is 5.32 Å². The van der Waals surface area contributed by atoms with E-state index in [9.17, 15) is 9.90 Å². The topological polar surface area (TPSA) is 52.6 Å². The highest BCUT2D eigenvalue weighted by molar-refractivity contribution is 5.78. The molecule has 2 rings (SSSR count). The Kier molecular flexibility index (Phi) is 1.54. The first-order valence-corrected chi connectivity index (χ1v) is 4.49. The molecule has 2 fully saturated rings. The fourth-order valence-electron chi connectivity index (χ4n) is 2.30. The smallest absolute Gasteiger partial charge is 0.320 e. The number of amides is 2. The van der Waals surface area contributed by atoms with Gasteiger partial charge in [-0.1, -0.05) is 0 Å². The number of nitrogens with one attached hydrogen (secondary N) is 1. The van der Waals surface area contributed by atoms with Crippen LogP contribution in [-0.4, -0.2) is 34.3 Å². The number of urea groups is 1. The average Bonchev–Trinajstić information content (AvgIpc) is 2.43. The Morgan fingerprint density at radius 1 is 1.83 bits per heavy atom. The quantitative estimate of drug-likeness (QED) is 0.593. The summed E-state index contributed by atoms with van der Waals surface area (Å²) < 4.78 is 0. The van der Waals surface area contributed by atoms with Crippen LogP contribution < -0.4 is 5.32 Å². The van der Waals surface area contributed by atoms with E-state index in [0.717, 1.165) is 12.8 Å². The van der Waals surface area contributed by atoms with Crippen molar-refractivity contribution in [3.05, 3.63) is 0 Å². The number of nitrogens with zero attached hydrogens (tertiary/aromatic N) is 1. The fraction of sp³-hybridized carbons (Fsp3) is 0.875. The minimum atomic E-state index is -0.883. The maximum atomic E-state index is 11.3. The van der Waals surface area contributed by atoms with Crippen molar-refractivity contribution in [2.45, 2.75) is 38.0 Å². The van der Waals surface area contributed by atoms with Gasteiger partial charge in [0.25, 0.3) is 0 Å². The maximum absolute atomic E-state index is 11.3. The Balaban J connectivity index is 2.27. The maximum Gasteiger partial charge on any atom is 0.320 e. The Morgan fingerprint density at radius 2 is 2.58 bits per heavy atom. The number of aliphatic hydroxyl groups is 1. The molecule has 1 heterocycles. The molecule has 2 atom stereocenters. The lowest BCUT2D eigenvalue weighted by Gasteiger charge is -2.30. The highest BCUT2D eigenvalue weighted by Gasteiger charge is 2.53. The van der Waals surface area contributed by atoms with Crippen LogP contribution in [0, 0.1) is 0 Å². The van der Waals surface area contributed by atoms with Gasteiger partial charge in [-0.25, -0.2) is 4.79 Å². The van der Waals surface area contributed by atoms with Crippen molar-refractivity contribution in [3.8, 4) is 0 Å². The van der Waals surface area contributed by atoms with Crippen molar-refractivity contribution in [2.24, 2.45) is 0 Å². The summed E-state index contributed by atoms with van der Waals surface area (Å²) in [5.41, 5.74) is -0.883. The molecule has 2 N–H and O–H groups in total. The van der Waals surface area contributed by atoms with E-state index in [1.165, 1.54) is 4.90 Å². The summed E-state index contributed by atoms with van der Waals surface area (Å²) >= 11 is 0. The monoisotopic (exact) mass is 170 g/mol. The number of hydrogen-bond donors (Lipinski definition) is 2. The third-order valence-corrected chi connectivity index (χ3v) is 2.92. The van der Waals surface area contributed by atoms with Crippen LogP contribution in [0.25, 0.3) is 0 Å². The highest BCUT2D eigenvalue weighted by Crippen LogP contribution is 2.37. The summed E-state index contributed by atoms with van der Waals surface area (Å²) in [5, 5.41) is 12.9. The molecule has 0 unspecified atom stereocenters. The Morgan fingerprint density at radius 3 is 3.25 bits per heavy atom. The first kappa shape index (κ1) is 7.86. The molecule has 4 nitrogen and oxygen atoms in total. The summed E-state index contributed by atoms with van der Waals surface area (Å²) in [4.78, 5) is 12.8. The molecule has 2 aliphatic rings. The van der Waals surface area contributed by atoms with Crippen LogP contribution in [0.2, 0.25) is 0 Å². The Hall–Kier alpha value is -0.770. The van der Waals surface area contributed by atoms with Gasteiger partial charge in [0.15, 0.2) is 5.72 Å². The molecule has 1 aliphatic heterocycles. The second-order valence-corrected chi connectivity index (χ2v) is 3.52. The lowest BCUT2D eigenvalue weighted by molar-refractivity contribution is -0.0620. The summed E-state index contributed by atoms with van der Waals surface area (Å²) in [6, 6.07) is -0.158. The minimum Gasteiger partial charge on any atom is -0.369 e. The molecular formula is C8H14N2O2. The van der Waals surface area contributed by atoms with E-state index >= 15 is 0 Å². The molecule has 0 radical (unpaired) electrons. The lowest BCUT2D eigenvalue weighted by atomic mass is 10.1. The zero-order chi connectivity index (χ0) is 8.77. The molecule has 1 saturated heterocycles. The minimum absolute atomic E-state index is 0.0371. The molecule has 4 heteroatoms. The standard InChI is InChI=1S/C8H14N2O2/c1-2-10-7(11)9-6-4-3-5-8(6,10)12/h6,12H,2-5H2,1H3,(H,9,11)/t6-,8-/m0/s1. The van der Waals surface area contributed by atoms with Gasteiger partial charge in [0.2, 0.25) is 0 Å². The van der Waals surface area contributed by atoms with Gasteiger partial charge in [-0.15, -0.1) is 0 Å². The van der Waals surface area contributed by atoms with Crippen molar-refractivity contribution >= 4 is 6.03 Å². The largest absolute Gasteiger partial charge is 0.369 e.